The van der Waals surface area contributed by atoms with Crippen molar-refractivity contribution in [3.63, 3.8) is 0 Å². The molecule has 0 aliphatic heterocycles. The van der Waals surface area contributed by atoms with E-state index in [1.165, 1.54) is 0 Å². The van der Waals surface area contributed by atoms with Crippen LogP contribution < -0.4 is 0 Å². The van der Waals surface area contributed by atoms with Crippen LogP contribution in [0.3, 0.4) is 0 Å². The Morgan fingerprint density at radius 2 is 0.826 bits per heavy atom. The molecule has 0 aromatic heterocycles. The lowest BCUT2D eigenvalue weighted by atomic mass is 9.93. The fraction of sp³-hybridized carbons (Fsp3) is 0.455. The fourth-order valence-corrected chi connectivity index (χ4v) is 0.454. The monoisotopic (exact) mass is 346 g/mol. The molecule has 0 spiro atoms. The molecule has 0 unspecified atom stereocenters. The first-order chi connectivity index (χ1) is 10.5. The summed E-state index contributed by atoms with van der Waals surface area (Å²) in [6, 6.07) is 0. The van der Waals surface area contributed by atoms with E-state index in [1.807, 2.05) is 20.8 Å². The maximum atomic E-state index is 10.0. The third kappa shape index (κ3) is 1610. The van der Waals surface area contributed by atoms with Crippen molar-refractivity contribution in [2.45, 2.75) is 27.2 Å². The fourth-order valence-electron chi connectivity index (χ4n) is 0.454. The average Bonchev–Trinajstić information content (AvgIpc) is 2.30. The molecule has 0 radical (unpaired) electrons. The van der Waals surface area contributed by atoms with Gasteiger partial charge in [0.1, 0.15) is 0 Å². The molecule has 0 heterocycles. The smallest absolute Gasteiger partial charge is 0.303 e. The van der Waals surface area contributed by atoms with Crippen molar-refractivity contribution in [3.05, 3.63) is 0 Å². The summed E-state index contributed by atoms with van der Waals surface area (Å²) >= 11 is 0. The molecule has 0 rings (SSSR count). The Labute approximate surface area is 131 Å². The van der Waals surface area contributed by atoms with E-state index < -0.39 is 5.97 Å². The van der Waals surface area contributed by atoms with E-state index in [1.54, 1.807) is 0 Å². The van der Waals surface area contributed by atoms with Crippen molar-refractivity contribution >= 4 is 38.3 Å². The highest BCUT2D eigenvalue weighted by molar-refractivity contribution is 5.67. The van der Waals surface area contributed by atoms with E-state index >= 15 is 0 Å². The summed E-state index contributed by atoms with van der Waals surface area (Å²) in [6.07, 6.45) is 0.243. The van der Waals surface area contributed by atoms with Gasteiger partial charge in [0.05, 0.1) is 6.42 Å². The van der Waals surface area contributed by atoms with Gasteiger partial charge in [0, 0.05) is 0 Å². The van der Waals surface area contributed by atoms with Crippen molar-refractivity contribution < 1.29 is 59.4 Å². The van der Waals surface area contributed by atoms with E-state index in [4.69, 9.17) is 54.6 Å². The van der Waals surface area contributed by atoms with E-state index in [0.29, 0.717) is 0 Å². The predicted molar refractivity (Wildman–Crippen MR) is 75.2 cm³/mol. The summed E-state index contributed by atoms with van der Waals surface area (Å²) < 4.78 is 0. The summed E-state index contributed by atoms with van der Waals surface area (Å²) in [5.41, 5.74) is -0.0775. The molecule has 0 amide bonds. The molecular formula is C11H22O12. The Bertz CT molecular complexity index is 234. The molecule has 0 bridgehead atoms. The minimum atomic E-state index is -0.725. The summed E-state index contributed by atoms with van der Waals surface area (Å²) in [7, 11) is 0. The van der Waals surface area contributed by atoms with Gasteiger partial charge in [-0.3, -0.25) is 28.8 Å². The van der Waals surface area contributed by atoms with Crippen LogP contribution in [0.15, 0.2) is 0 Å². The number of carbonyl (C=O) groups is 6. The maximum absolute atomic E-state index is 10.0. The topological polar surface area (TPSA) is 224 Å². The van der Waals surface area contributed by atoms with Gasteiger partial charge in [0.15, 0.2) is 0 Å². The molecule has 0 atom stereocenters. The van der Waals surface area contributed by atoms with E-state index in [2.05, 4.69) is 0 Å². The van der Waals surface area contributed by atoms with Crippen LogP contribution in [-0.4, -0.2) is 69.0 Å². The lowest BCUT2D eigenvalue weighted by Gasteiger charge is -2.13. The molecule has 23 heavy (non-hydrogen) atoms. The van der Waals surface area contributed by atoms with Crippen LogP contribution >= 0.6 is 0 Å². The van der Waals surface area contributed by atoms with Gasteiger partial charge in [-0.05, 0) is 5.41 Å². The first-order valence-corrected chi connectivity index (χ1v) is 5.10. The Morgan fingerprint density at radius 3 is 0.826 bits per heavy atom. The Morgan fingerprint density at radius 1 is 0.696 bits per heavy atom. The standard InChI is InChI=1S/C6H12O2.5CH2O2/c1-6(2,3)4-5(7)8;5*2-1-3/h4H2,1-3H3,(H,7,8);5*1H,(H,2,3). The van der Waals surface area contributed by atoms with Gasteiger partial charge in [0.25, 0.3) is 32.4 Å². The van der Waals surface area contributed by atoms with Crippen molar-refractivity contribution in [2.75, 3.05) is 0 Å². The third-order valence-electron chi connectivity index (χ3n) is 0.682. The molecule has 0 saturated heterocycles. The highest BCUT2D eigenvalue weighted by Gasteiger charge is 2.13. The summed E-state index contributed by atoms with van der Waals surface area (Å²) in [6.45, 7) is 4.46. The second-order valence-electron chi connectivity index (χ2n) is 3.66. The Kier molecular flexibility index (Phi) is 68.4. The second kappa shape index (κ2) is 42.8. The first-order valence-electron chi connectivity index (χ1n) is 5.10. The van der Waals surface area contributed by atoms with Crippen molar-refractivity contribution in [1.82, 2.24) is 0 Å². The predicted octanol–water partition coefficient (Wildman–Crippen LogP) is 0.0112. The van der Waals surface area contributed by atoms with Crippen molar-refractivity contribution in [1.29, 1.82) is 0 Å². The normalized spacial score (nSPS) is 6.57. The van der Waals surface area contributed by atoms with Gasteiger partial charge in [-0.25, -0.2) is 0 Å². The highest BCUT2D eigenvalue weighted by Crippen LogP contribution is 2.17. The summed E-state index contributed by atoms with van der Waals surface area (Å²) in [5, 5.41) is 42.7. The quantitative estimate of drug-likeness (QED) is 0.345. The maximum Gasteiger partial charge on any atom is 0.303 e. The van der Waals surface area contributed by atoms with E-state index in [9.17, 15) is 4.79 Å². The van der Waals surface area contributed by atoms with Crippen LogP contribution in [0, 0.1) is 5.41 Å². The summed E-state index contributed by atoms with van der Waals surface area (Å²) in [5.74, 6) is -0.725. The minimum Gasteiger partial charge on any atom is -0.483 e. The molecule has 0 fully saturated rings. The highest BCUT2D eigenvalue weighted by atomic mass is 16.4. The molecule has 0 aliphatic rings. The zero-order valence-corrected chi connectivity index (χ0v) is 12.7. The number of hydrogen-bond donors (Lipinski definition) is 6. The van der Waals surface area contributed by atoms with Gasteiger partial charge in [0.2, 0.25) is 0 Å². The number of aliphatic carboxylic acids is 1. The van der Waals surface area contributed by atoms with Crippen LogP contribution in [0.2, 0.25) is 0 Å². The molecule has 138 valence electrons. The third-order valence-corrected chi connectivity index (χ3v) is 0.682. The van der Waals surface area contributed by atoms with Gasteiger partial charge < -0.3 is 30.6 Å². The molecule has 0 saturated carbocycles. The Balaban J connectivity index is -0.0000000411. The van der Waals surface area contributed by atoms with E-state index in [-0.39, 0.29) is 44.2 Å². The molecule has 12 heteroatoms. The van der Waals surface area contributed by atoms with Gasteiger partial charge in [-0.2, -0.15) is 0 Å². The summed E-state index contributed by atoms with van der Waals surface area (Å²) in [4.78, 5) is 51.8. The van der Waals surface area contributed by atoms with Crippen molar-refractivity contribution in [2.24, 2.45) is 5.41 Å². The number of carboxylic acids is 1. The van der Waals surface area contributed by atoms with E-state index in [0.717, 1.165) is 0 Å². The molecular weight excluding hydrogens is 324 g/mol. The lowest BCUT2D eigenvalue weighted by Crippen LogP contribution is -2.11. The first kappa shape index (κ1) is 36.8. The van der Waals surface area contributed by atoms with Gasteiger partial charge in [-0.1, -0.05) is 20.8 Å². The van der Waals surface area contributed by atoms with Crippen LogP contribution in [0.1, 0.15) is 27.2 Å². The Hall–Kier alpha value is -3.18. The number of hydrogen-bond acceptors (Lipinski definition) is 6. The minimum absolute atomic E-state index is 0.0775. The number of carboxylic acid groups (broad SMARTS) is 6. The zero-order chi connectivity index (χ0) is 20.3. The zero-order valence-electron chi connectivity index (χ0n) is 12.7. The molecule has 0 aromatic rings. The van der Waals surface area contributed by atoms with Gasteiger partial charge in [-0.15, -0.1) is 0 Å². The number of rotatable bonds is 1. The van der Waals surface area contributed by atoms with Crippen LogP contribution in [0.25, 0.3) is 0 Å². The molecule has 0 aromatic carbocycles. The largest absolute Gasteiger partial charge is 0.483 e. The lowest BCUT2D eigenvalue weighted by molar-refractivity contribution is -0.139. The molecule has 0 aliphatic carbocycles. The van der Waals surface area contributed by atoms with Gasteiger partial charge >= 0.3 is 5.97 Å². The van der Waals surface area contributed by atoms with Crippen LogP contribution in [0.5, 0.6) is 0 Å². The van der Waals surface area contributed by atoms with Crippen molar-refractivity contribution in [3.8, 4) is 0 Å². The second-order valence-corrected chi connectivity index (χ2v) is 3.66. The molecule has 6 N–H and O–H groups in total. The molecule has 12 nitrogen and oxygen atoms in total. The SMILES string of the molecule is CC(C)(C)CC(=O)O.O=CO.O=CO.O=CO.O=CO.O=CO. The average molecular weight is 346 g/mol. The van der Waals surface area contributed by atoms with Crippen LogP contribution in [0.4, 0.5) is 0 Å². The van der Waals surface area contributed by atoms with Crippen LogP contribution in [-0.2, 0) is 28.8 Å².